The Morgan fingerprint density at radius 3 is 2.28 bits per heavy atom. The van der Waals surface area contributed by atoms with Gasteiger partial charge in [0.15, 0.2) is 5.69 Å². The molecule has 1 atom stereocenters. The number of aryl methyl sites for hydroxylation is 1. The van der Waals surface area contributed by atoms with E-state index in [-0.39, 0.29) is 27.8 Å². The Morgan fingerprint density at radius 1 is 0.884 bits per heavy atom. The monoisotopic (exact) mass is 640 g/mol. The number of rotatable bonds is 4. The summed E-state index contributed by atoms with van der Waals surface area (Å²) in [6, 6.07) is 17.9. The molecule has 2 N–H and O–H groups in total. The van der Waals surface area contributed by atoms with E-state index in [1.54, 1.807) is 36.4 Å². The van der Waals surface area contributed by atoms with Crippen LogP contribution in [0.4, 0.5) is 10.5 Å². The molecule has 0 saturated carbocycles. The van der Waals surface area contributed by atoms with Crippen molar-refractivity contribution in [2.45, 2.75) is 44.6 Å². The Bertz CT molecular complexity index is 1590. The van der Waals surface area contributed by atoms with Crippen molar-refractivity contribution in [2.24, 2.45) is 5.41 Å². The third-order valence-electron chi connectivity index (χ3n) is 9.80. The summed E-state index contributed by atoms with van der Waals surface area (Å²) in [6.45, 7) is 2.13. The standard InChI is InChI=1S/C33H32Cl3N3O4/c34-23-8-10-29(27(36)20-23)39(17-13-33(14-18-39)11-15-38(16-12-33)32(42)43)31(41)22-6-5-21-7-9-28(25(21)19-22)37-30(40)24-3-1-2-4-26(24)35/h1-6,8,10,19-20,28H,7,9,11-18H2,(H-,37,40,42,43)/p+1. The van der Waals surface area contributed by atoms with Gasteiger partial charge in [0.05, 0.1) is 35.3 Å². The Kier molecular flexibility index (Phi) is 8.20. The van der Waals surface area contributed by atoms with Gasteiger partial charge < -0.3 is 15.3 Å². The first kappa shape index (κ1) is 29.9. The molecule has 3 aliphatic rings. The van der Waals surface area contributed by atoms with Gasteiger partial charge in [0.2, 0.25) is 0 Å². The van der Waals surface area contributed by atoms with E-state index in [1.807, 2.05) is 24.3 Å². The fourth-order valence-electron chi connectivity index (χ4n) is 7.16. The fraction of sp³-hybridized carbons (Fsp3) is 0.364. The molecule has 6 rings (SSSR count). The molecule has 3 amide bonds. The summed E-state index contributed by atoms with van der Waals surface area (Å²) in [7, 11) is 0. The minimum absolute atomic E-state index is 0.00109. The first-order valence-electron chi connectivity index (χ1n) is 14.6. The molecule has 2 fully saturated rings. The third kappa shape index (κ3) is 5.64. The molecule has 7 nitrogen and oxygen atoms in total. The van der Waals surface area contributed by atoms with Crippen molar-refractivity contribution < 1.29 is 19.5 Å². The van der Waals surface area contributed by atoms with Gasteiger partial charge in [-0.1, -0.05) is 53.0 Å². The molecular weight excluding hydrogens is 609 g/mol. The van der Waals surface area contributed by atoms with Crippen molar-refractivity contribution in [1.29, 1.82) is 0 Å². The van der Waals surface area contributed by atoms with Crippen LogP contribution >= 0.6 is 34.8 Å². The molecule has 3 aromatic rings. The minimum atomic E-state index is -0.878. The van der Waals surface area contributed by atoms with Crippen molar-refractivity contribution >= 4 is 58.4 Å². The number of likely N-dealkylation sites (tertiary alicyclic amines) is 2. The van der Waals surface area contributed by atoms with Gasteiger partial charge in [-0.25, -0.2) is 14.1 Å². The van der Waals surface area contributed by atoms with Crippen LogP contribution in [0.1, 0.15) is 70.0 Å². The van der Waals surface area contributed by atoms with Crippen molar-refractivity contribution in [3.05, 3.63) is 98.0 Å². The Balaban J connectivity index is 1.30. The first-order chi connectivity index (χ1) is 20.6. The molecule has 0 aromatic heterocycles. The van der Waals surface area contributed by atoms with Crippen LogP contribution in [-0.4, -0.2) is 54.1 Å². The van der Waals surface area contributed by atoms with Crippen LogP contribution in [0.3, 0.4) is 0 Å². The smallest absolute Gasteiger partial charge is 0.407 e. The number of nitrogens with one attached hydrogen (secondary N) is 1. The maximum absolute atomic E-state index is 14.7. The summed E-state index contributed by atoms with van der Waals surface area (Å²) in [5, 5.41) is 13.9. The number of nitrogens with zero attached hydrogens (tertiary/aromatic N) is 2. The van der Waals surface area contributed by atoms with Crippen molar-refractivity contribution in [3.63, 3.8) is 0 Å². The van der Waals surface area contributed by atoms with E-state index in [0.29, 0.717) is 52.4 Å². The number of carbonyl (C=O) groups is 3. The number of carboxylic acid groups (broad SMARTS) is 1. The lowest BCUT2D eigenvalue weighted by atomic mass is 9.70. The van der Waals surface area contributed by atoms with Crippen LogP contribution < -0.4 is 9.80 Å². The van der Waals surface area contributed by atoms with Crippen LogP contribution in [0.2, 0.25) is 15.1 Å². The Morgan fingerprint density at radius 2 is 1.60 bits per heavy atom. The van der Waals surface area contributed by atoms with Gasteiger partial charge in [0.25, 0.3) is 5.91 Å². The van der Waals surface area contributed by atoms with Gasteiger partial charge in [-0.3, -0.25) is 4.79 Å². The highest BCUT2D eigenvalue weighted by molar-refractivity contribution is 6.36. The SMILES string of the molecule is O=C(NC1CCc2ccc(C(=O)[N+]3(c4ccc(Cl)cc4Cl)CCC4(CCN(C(=O)O)CC4)CC3)cc21)c1ccccc1Cl. The second-order valence-electron chi connectivity index (χ2n) is 12.0. The molecular formula is C33H33Cl3N3O4+. The van der Waals surface area contributed by atoms with Gasteiger partial charge >= 0.3 is 12.0 Å². The van der Waals surface area contributed by atoms with E-state index in [2.05, 4.69) is 5.32 Å². The second-order valence-corrected chi connectivity index (χ2v) is 13.3. The average Bonchev–Trinajstić information content (AvgIpc) is 3.39. The number of fused-ring (bicyclic) bond motifs is 1. The highest BCUT2D eigenvalue weighted by Crippen LogP contribution is 2.47. The summed E-state index contributed by atoms with van der Waals surface area (Å²) in [5.74, 6) is -0.292. The quantitative estimate of drug-likeness (QED) is 0.285. The molecule has 2 aliphatic heterocycles. The highest BCUT2D eigenvalue weighted by atomic mass is 35.5. The van der Waals surface area contributed by atoms with Gasteiger partial charge in [-0.2, -0.15) is 0 Å². The van der Waals surface area contributed by atoms with E-state index in [9.17, 15) is 19.5 Å². The molecule has 1 unspecified atom stereocenters. The molecule has 10 heteroatoms. The fourth-order valence-corrected chi connectivity index (χ4v) is 7.95. The van der Waals surface area contributed by atoms with Crippen molar-refractivity contribution in [3.8, 4) is 0 Å². The molecule has 0 bridgehead atoms. The van der Waals surface area contributed by atoms with Gasteiger partial charge in [0.1, 0.15) is 5.02 Å². The maximum atomic E-state index is 14.7. The number of hydrogen-bond donors (Lipinski definition) is 2. The van der Waals surface area contributed by atoms with Crippen LogP contribution in [0.5, 0.6) is 0 Å². The number of hydrogen-bond acceptors (Lipinski definition) is 3. The van der Waals surface area contributed by atoms with E-state index in [0.717, 1.165) is 55.3 Å². The zero-order valence-electron chi connectivity index (χ0n) is 23.6. The van der Waals surface area contributed by atoms with Gasteiger partial charge in [0, 0.05) is 37.0 Å². The Labute approximate surface area is 265 Å². The number of amides is 3. The van der Waals surface area contributed by atoms with Crippen LogP contribution in [-0.2, 0) is 6.42 Å². The molecule has 2 heterocycles. The highest BCUT2D eigenvalue weighted by Gasteiger charge is 2.50. The first-order valence-corrected chi connectivity index (χ1v) is 15.8. The summed E-state index contributed by atoms with van der Waals surface area (Å²) in [6.07, 6.45) is 3.80. The molecule has 3 aromatic carbocycles. The van der Waals surface area contributed by atoms with Gasteiger partial charge in [-0.15, -0.1) is 0 Å². The van der Waals surface area contributed by atoms with Crippen molar-refractivity contribution in [2.75, 3.05) is 26.2 Å². The average molecular weight is 642 g/mol. The summed E-state index contributed by atoms with van der Waals surface area (Å²) >= 11 is 19.3. The third-order valence-corrected chi connectivity index (χ3v) is 10.7. The van der Waals surface area contributed by atoms with Crippen LogP contribution in [0, 0.1) is 5.41 Å². The molecule has 1 spiro atoms. The minimum Gasteiger partial charge on any atom is -0.465 e. The van der Waals surface area contributed by atoms with Crippen LogP contribution in [0.25, 0.3) is 0 Å². The lowest BCUT2D eigenvalue weighted by molar-refractivity contribution is 0.0332. The van der Waals surface area contributed by atoms with E-state index in [1.165, 1.54) is 4.90 Å². The van der Waals surface area contributed by atoms with Crippen LogP contribution in [0.15, 0.2) is 60.7 Å². The normalized spacial score (nSPS) is 20.4. The molecule has 224 valence electrons. The lowest BCUT2D eigenvalue weighted by Gasteiger charge is -2.49. The topological polar surface area (TPSA) is 86.7 Å². The predicted molar refractivity (Wildman–Crippen MR) is 169 cm³/mol. The molecule has 43 heavy (non-hydrogen) atoms. The molecule has 0 radical (unpaired) electrons. The summed E-state index contributed by atoms with van der Waals surface area (Å²) in [5.41, 5.74) is 3.77. The van der Waals surface area contributed by atoms with Gasteiger partial charge in [-0.05, 0) is 78.6 Å². The predicted octanol–water partition coefficient (Wildman–Crippen LogP) is 7.77. The number of benzene rings is 3. The number of quaternary nitrogens is 1. The maximum Gasteiger partial charge on any atom is 0.407 e. The molecule has 2 saturated heterocycles. The van der Waals surface area contributed by atoms with E-state index < -0.39 is 6.09 Å². The summed E-state index contributed by atoms with van der Waals surface area (Å²) in [4.78, 5) is 40.7. The summed E-state index contributed by atoms with van der Waals surface area (Å²) < 4.78 is 0.0653. The second kappa shape index (κ2) is 11.8. The zero-order valence-corrected chi connectivity index (χ0v) is 25.9. The number of piperidine rings is 2. The van der Waals surface area contributed by atoms with E-state index in [4.69, 9.17) is 34.8 Å². The lowest BCUT2D eigenvalue weighted by Crippen LogP contribution is -2.61. The Hall–Kier alpha value is -3.10. The van der Waals surface area contributed by atoms with E-state index >= 15 is 0 Å². The largest absolute Gasteiger partial charge is 0.465 e. The van der Waals surface area contributed by atoms with Crippen molar-refractivity contribution in [1.82, 2.24) is 14.7 Å². The zero-order chi connectivity index (χ0) is 30.4. The number of carbonyl (C=O) groups excluding carboxylic acids is 2. The molecule has 1 aliphatic carbocycles. The number of halogens is 3.